The van der Waals surface area contributed by atoms with E-state index in [1.807, 2.05) is 32.9 Å². The zero-order chi connectivity index (χ0) is 17.7. The third-order valence-electron chi connectivity index (χ3n) is 4.19. The number of rotatable bonds is 4. The monoisotopic (exact) mass is 349 g/mol. The van der Waals surface area contributed by atoms with Crippen LogP contribution >= 0.6 is 11.8 Å². The third kappa shape index (κ3) is 4.08. The van der Waals surface area contributed by atoms with Crippen LogP contribution < -0.4 is 10.9 Å². The maximum atomic E-state index is 12.4. The molecule has 1 saturated heterocycles. The summed E-state index contributed by atoms with van der Waals surface area (Å²) >= 11 is 1.54. The molecule has 2 atom stereocenters. The van der Waals surface area contributed by atoms with Crippen molar-refractivity contribution in [3.05, 3.63) is 35.4 Å². The van der Waals surface area contributed by atoms with Crippen LogP contribution in [-0.2, 0) is 9.59 Å². The highest BCUT2D eigenvalue weighted by molar-refractivity contribution is 7.99. The van der Waals surface area contributed by atoms with Crippen molar-refractivity contribution in [2.45, 2.75) is 33.2 Å². The van der Waals surface area contributed by atoms with Gasteiger partial charge in [0.05, 0.1) is 5.88 Å². The lowest BCUT2D eigenvalue weighted by Crippen LogP contribution is -2.53. The number of benzene rings is 1. The van der Waals surface area contributed by atoms with Gasteiger partial charge in [-0.2, -0.15) is 0 Å². The SMILES string of the molecule is CC[C@@H](C)C(=O)N1CSC[C@@H]1C(=O)NNC(=O)c1ccccc1C. The number of nitrogens with one attached hydrogen (secondary N) is 2. The summed E-state index contributed by atoms with van der Waals surface area (Å²) in [6.45, 7) is 5.64. The Labute approximate surface area is 146 Å². The van der Waals surface area contributed by atoms with Gasteiger partial charge in [0.1, 0.15) is 6.04 Å². The van der Waals surface area contributed by atoms with Crippen molar-refractivity contribution in [3.63, 3.8) is 0 Å². The third-order valence-corrected chi connectivity index (χ3v) is 5.20. The molecule has 0 aliphatic carbocycles. The lowest BCUT2D eigenvalue weighted by atomic mass is 10.1. The second-order valence-electron chi connectivity index (χ2n) is 5.89. The molecule has 0 radical (unpaired) electrons. The van der Waals surface area contributed by atoms with Crippen LogP contribution in [0.4, 0.5) is 0 Å². The Bertz CT molecular complexity index is 635. The van der Waals surface area contributed by atoms with Crippen molar-refractivity contribution in [1.29, 1.82) is 0 Å². The van der Waals surface area contributed by atoms with Gasteiger partial charge in [-0.15, -0.1) is 11.8 Å². The van der Waals surface area contributed by atoms with Crippen LogP contribution in [0.15, 0.2) is 24.3 Å². The average molecular weight is 349 g/mol. The fourth-order valence-corrected chi connectivity index (χ4v) is 3.60. The largest absolute Gasteiger partial charge is 0.320 e. The molecular formula is C17H23N3O3S. The normalized spacial score (nSPS) is 18.1. The van der Waals surface area contributed by atoms with Crippen LogP contribution in [0.2, 0.25) is 0 Å². The van der Waals surface area contributed by atoms with Gasteiger partial charge in [0.15, 0.2) is 0 Å². The van der Waals surface area contributed by atoms with Gasteiger partial charge in [0.25, 0.3) is 11.8 Å². The van der Waals surface area contributed by atoms with Gasteiger partial charge in [-0.3, -0.25) is 25.2 Å². The van der Waals surface area contributed by atoms with Crippen molar-refractivity contribution >= 4 is 29.5 Å². The molecule has 130 valence electrons. The van der Waals surface area contributed by atoms with Crippen molar-refractivity contribution in [1.82, 2.24) is 15.8 Å². The molecule has 7 heteroatoms. The summed E-state index contributed by atoms with van der Waals surface area (Å²) in [6, 6.07) is 6.59. The fourth-order valence-electron chi connectivity index (χ4n) is 2.43. The molecule has 1 aliphatic rings. The molecule has 0 aromatic heterocycles. The number of aryl methyl sites for hydroxylation is 1. The molecular weight excluding hydrogens is 326 g/mol. The van der Waals surface area contributed by atoms with Gasteiger partial charge in [-0.05, 0) is 25.0 Å². The predicted octanol–water partition coefficient (Wildman–Crippen LogP) is 1.70. The molecule has 3 amide bonds. The first-order valence-corrected chi connectivity index (χ1v) is 9.15. The van der Waals surface area contributed by atoms with E-state index in [0.29, 0.717) is 17.2 Å². The van der Waals surface area contributed by atoms with Crippen LogP contribution in [0.1, 0.15) is 36.2 Å². The van der Waals surface area contributed by atoms with Crippen LogP contribution in [0.3, 0.4) is 0 Å². The second kappa shape index (κ2) is 8.19. The molecule has 2 rings (SSSR count). The lowest BCUT2D eigenvalue weighted by Gasteiger charge is -2.25. The summed E-state index contributed by atoms with van der Waals surface area (Å²) in [5, 5.41) is 0. The minimum Gasteiger partial charge on any atom is -0.320 e. The summed E-state index contributed by atoms with van der Waals surface area (Å²) in [5.41, 5.74) is 6.21. The minimum absolute atomic E-state index is 0.0205. The summed E-state index contributed by atoms with van der Waals surface area (Å²) in [7, 11) is 0. The first-order chi connectivity index (χ1) is 11.5. The first kappa shape index (κ1) is 18.3. The predicted molar refractivity (Wildman–Crippen MR) is 94.2 cm³/mol. The summed E-state index contributed by atoms with van der Waals surface area (Å²) in [5.74, 6) is 0.181. The Balaban J connectivity index is 1.95. The Morgan fingerprint density at radius 3 is 2.67 bits per heavy atom. The molecule has 24 heavy (non-hydrogen) atoms. The molecule has 0 saturated carbocycles. The number of hydrogen-bond acceptors (Lipinski definition) is 4. The molecule has 1 aromatic rings. The van der Waals surface area contributed by atoms with E-state index in [-0.39, 0.29) is 23.6 Å². The maximum Gasteiger partial charge on any atom is 0.269 e. The number of carbonyl (C=O) groups excluding carboxylic acids is 3. The average Bonchev–Trinajstić information content (AvgIpc) is 3.08. The molecule has 0 unspecified atom stereocenters. The number of carbonyl (C=O) groups is 3. The number of thioether (sulfide) groups is 1. The van der Waals surface area contributed by atoms with Gasteiger partial charge in [-0.1, -0.05) is 32.0 Å². The number of hydrazine groups is 1. The van der Waals surface area contributed by atoms with Gasteiger partial charge in [-0.25, -0.2) is 0 Å². The van der Waals surface area contributed by atoms with Crippen molar-refractivity contribution in [3.8, 4) is 0 Å². The molecule has 6 nitrogen and oxygen atoms in total. The Morgan fingerprint density at radius 2 is 2.00 bits per heavy atom. The van der Waals surface area contributed by atoms with E-state index in [1.54, 1.807) is 17.0 Å². The van der Waals surface area contributed by atoms with E-state index in [2.05, 4.69) is 10.9 Å². The fraction of sp³-hybridized carbons (Fsp3) is 0.471. The van der Waals surface area contributed by atoms with E-state index in [1.165, 1.54) is 11.8 Å². The van der Waals surface area contributed by atoms with Crippen LogP contribution in [0.25, 0.3) is 0 Å². The molecule has 1 aromatic carbocycles. The van der Waals surface area contributed by atoms with Crippen molar-refractivity contribution in [2.75, 3.05) is 11.6 Å². The molecule has 0 spiro atoms. The molecule has 0 bridgehead atoms. The van der Waals surface area contributed by atoms with E-state index in [9.17, 15) is 14.4 Å². The molecule has 1 fully saturated rings. The highest BCUT2D eigenvalue weighted by atomic mass is 32.2. The van der Waals surface area contributed by atoms with E-state index in [4.69, 9.17) is 0 Å². The highest BCUT2D eigenvalue weighted by Gasteiger charge is 2.36. The van der Waals surface area contributed by atoms with Crippen LogP contribution in [0.5, 0.6) is 0 Å². The number of amides is 3. The van der Waals surface area contributed by atoms with E-state index < -0.39 is 6.04 Å². The standard InChI is InChI=1S/C17H23N3O3S/c1-4-11(2)17(23)20-10-24-9-14(20)16(22)19-18-15(21)13-8-6-5-7-12(13)3/h5-8,11,14H,4,9-10H2,1-3H3,(H,18,21)(H,19,22)/t11-,14-/m1/s1. The highest BCUT2D eigenvalue weighted by Crippen LogP contribution is 2.23. The lowest BCUT2D eigenvalue weighted by molar-refractivity contribution is -0.141. The van der Waals surface area contributed by atoms with Gasteiger partial charge in [0, 0.05) is 17.2 Å². The minimum atomic E-state index is -0.548. The van der Waals surface area contributed by atoms with E-state index in [0.717, 1.165) is 12.0 Å². The Hall–Kier alpha value is -2.02. The summed E-state index contributed by atoms with van der Waals surface area (Å²) in [4.78, 5) is 38.4. The van der Waals surface area contributed by atoms with Crippen molar-refractivity contribution in [2.24, 2.45) is 5.92 Å². The second-order valence-corrected chi connectivity index (χ2v) is 6.89. The van der Waals surface area contributed by atoms with Crippen LogP contribution in [-0.4, -0.2) is 40.3 Å². The smallest absolute Gasteiger partial charge is 0.269 e. The number of hydrogen-bond donors (Lipinski definition) is 2. The maximum absolute atomic E-state index is 12.4. The topological polar surface area (TPSA) is 78.5 Å². The number of nitrogens with zero attached hydrogens (tertiary/aromatic N) is 1. The van der Waals surface area contributed by atoms with Crippen LogP contribution in [0, 0.1) is 12.8 Å². The molecule has 1 heterocycles. The van der Waals surface area contributed by atoms with E-state index >= 15 is 0 Å². The van der Waals surface area contributed by atoms with Gasteiger partial charge in [0.2, 0.25) is 5.91 Å². The molecule has 1 aliphatic heterocycles. The zero-order valence-corrected chi connectivity index (χ0v) is 15.0. The summed E-state index contributed by atoms with van der Waals surface area (Å²) in [6.07, 6.45) is 0.734. The van der Waals surface area contributed by atoms with Crippen molar-refractivity contribution < 1.29 is 14.4 Å². The van der Waals surface area contributed by atoms with Gasteiger partial charge < -0.3 is 4.90 Å². The summed E-state index contributed by atoms with van der Waals surface area (Å²) < 4.78 is 0. The Kier molecular flexibility index (Phi) is 6.25. The molecule has 2 N–H and O–H groups in total. The Morgan fingerprint density at radius 1 is 1.29 bits per heavy atom. The quantitative estimate of drug-likeness (QED) is 0.811. The van der Waals surface area contributed by atoms with Gasteiger partial charge >= 0.3 is 0 Å². The first-order valence-electron chi connectivity index (χ1n) is 7.99. The zero-order valence-electron chi connectivity index (χ0n) is 14.2.